The molecule has 130 valence electrons. The van der Waals surface area contributed by atoms with Gasteiger partial charge in [0.15, 0.2) is 5.96 Å². The van der Waals surface area contributed by atoms with E-state index in [1.807, 2.05) is 38.1 Å². The summed E-state index contributed by atoms with van der Waals surface area (Å²) in [6.07, 6.45) is 0. The Hall–Kier alpha value is -1.51. The summed E-state index contributed by atoms with van der Waals surface area (Å²) in [5, 5.41) is 12.1. The maximum atomic E-state index is 11.6. The van der Waals surface area contributed by atoms with Gasteiger partial charge in [0, 0.05) is 31.4 Å². The first-order valence-electron chi connectivity index (χ1n) is 7.54. The molecule has 1 rings (SSSR count). The number of benzene rings is 1. The smallest absolute Gasteiger partial charge is 0.319 e. The highest BCUT2D eigenvalue weighted by atomic mass is 127. The van der Waals surface area contributed by atoms with Crippen molar-refractivity contribution in [2.45, 2.75) is 46.3 Å². The quantitative estimate of drug-likeness (QED) is 0.328. The average Bonchev–Trinajstić information content (AvgIpc) is 2.43. The maximum Gasteiger partial charge on any atom is 0.319 e. The first-order chi connectivity index (χ1) is 10.4. The number of amides is 2. The van der Waals surface area contributed by atoms with Crippen LogP contribution in [0.2, 0.25) is 0 Å². The Morgan fingerprint density at radius 3 is 2.09 bits per heavy atom. The van der Waals surface area contributed by atoms with Crippen molar-refractivity contribution in [1.82, 2.24) is 16.0 Å². The summed E-state index contributed by atoms with van der Waals surface area (Å²) in [4.78, 5) is 15.8. The van der Waals surface area contributed by atoms with Crippen LogP contribution in [0.25, 0.3) is 0 Å². The summed E-state index contributed by atoms with van der Waals surface area (Å²) in [7, 11) is 1.75. The number of aliphatic imine (C=N–C) groups is 1. The van der Waals surface area contributed by atoms with E-state index in [-0.39, 0.29) is 36.0 Å². The molecule has 6 nitrogen and oxygen atoms in total. The van der Waals surface area contributed by atoms with Gasteiger partial charge >= 0.3 is 6.03 Å². The number of nitrogens with zero attached hydrogens (tertiary/aromatic N) is 1. The number of carbonyl (C=O) groups is 1. The van der Waals surface area contributed by atoms with Gasteiger partial charge in [0.1, 0.15) is 0 Å². The summed E-state index contributed by atoms with van der Waals surface area (Å²) in [5.74, 6) is 0.772. The maximum absolute atomic E-state index is 11.6. The molecule has 0 aromatic heterocycles. The molecule has 0 spiro atoms. The predicted octanol–water partition coefficient (Wildman–Crippen LogP) is 2.91. The van der Waals surface area contributed by atoms with Crippen LogP contribution in [0, 0.1) is 0 Å². The molecule has 0 aliphatic rings. The number of anilines is 1. The molecule has 0 bridgehead atoms. The van der Waals surface area contributed by atoms with Crippen LogP contribution in [-0.2, 0) is 6.54 Å². The first-order valence-corrected chi connectivity index (χ1v) is 7.54. The average molecular weight is 433 g/mol. The van der Waals surface area contributed by atoms with Crippen molar-refractivity contribution in [3.63, 3.8) is 0 Å². The van der Waals surface area contributed by atoms with Crippen LogP contribution in [-0.4, -0.2) is 31.1 Å². The van der Waals surface area contributed by atoms with E-state index in [0.717, 1.165) is 17.2 Å². The number of nitrogens with one attached hydrogen (secondary N) is 4. The van der Waals surface area contributed by atoms with Crippen molar-refractivity contribution < 1.29 is 4.79 Å². The van der Waals surface area contributed by atoms with Crippen molar-refractivity contribution in [1.29, 1.82) is 0 Å². The third kappa shape index (κ3) is 9.27. The number of halogens is 1. The minimum Gasteiger partial charge on any atom is -0.354 e. The van der Waals surface area contributed by atoms with Gasteiger partial charge in [0.05, 0.1) is 0 Å². The van der Waals surface area contributed by atoms with Crippen LogP contribution in [0.4, 0.5) is 10.5 Å². The van der Waals surface area contributed by atoms with Gasteiger partial charge in [-0.15, -0.1) is 24.0 Å². The second-order valence-electron chi connectivity index (χ2n) is 5.67. The van der Waals surface area contributed by atoms with Gasteiger partial charge in [-0.25, -0.2) is 4.79 Å². The highest BCUT2D eigenvalue weighted by Gasteiger charge is 2.04. The lowest BCUT2D eigenvalue weighted by molar-refractivity contribution is 0.250. The molecule has 4 N–H and O–H groups in total. The van der Waals surface area contributed by atoms with E-state index in [1.165, 1.54) is 0 Å². The summed E-state index contributed by atoms with van der Waals surface area (Å²) in [6.45, 7) is 8.65. The molecule has 1 aromatic rings. The molecule has 0 aliphatic heterocycles. The summed E-state index contributed by atoms with van der Waals surface area (Å²) in [6, 6.07) is 7.97. The van der Waals surface area contributed by atoms with E-state index < -0.39 is 0 Å². The number of urea groups is 1. The zero-order valence-electron chi connectivity index (χ0n) is 14.4. The zero-order chi connectivity index (χ0) is 16.5. The second kappa shape index (κ2) is 11.1. The Morgan fingerprint density at radius 2 is 1.61 bits per heavy atom. The number of rotatable bonds is 5. The third-order valence-electron chi connectivity index (χ3n) is 2.74. The second-order valence-corrected chi connectivity index (χ2v) is 5.67. The van der Waals surface area contributed by atoms with E-state index in [0.29, 0.717) is 12.6 Å². The van der Waals surface area contributed by atoms with Crippen molar-refractivity contribution in [2.75, 3.05) is 12.4 Å². The minimum atomic E-state index is -0.192. The predicted molar refractivity (Wildman–Crippen MR) is 108 cm³/mol. The molecule has 0 radical (unpaired) electrons. The Morgan fingerprint density at radius 1 is 1.04 bits per heavy atom. The summed E-state index contributed by atoms with van der Waals surface area (Å²) < 4.78 is 0. The number of hydrogen-bond donors (Lipinski definition) is 4. The van der Waals surface area contributed by atoms with E-state index in [1.54, 1.807) is 7.05 Å². The number of hydrogen-bond acceptors (Lipinski definition) is 2. The lowest BCUT2D eigenvalue weighted by atomic mass is 10.2. The molecule has 7 heteroatoms. The van der Waals surface area contributed by atoms with Gasteiger partial charge in [-0.1, -0.05) is 12.1 Å². The van der Waals surface area contributed by atoms with E-state index in [4.69, 9.17) is 0 Å². The van der Waals surface area contributed by atoms with E-state index >= 15 is 0 Å². The molecule has 0 unspecified atom stereocenters. The van der Waals surface area contributed by atoms with Crippen LogP contribution in [0.15, 0.2) is 29.3 Å². The Kier molecular flexibility index (Phi) is 10.4. The number of carbonyl (C=O) groups excluding carboxylic acids is 1. The molecule has 2 amide bonds. The van der Waals surface area contributed by atoms with Crippen LogP contribution in [0.3, 0.4) is 0 Å². The molecule has 0 aliphatic carbocycles. The summed E-state index contributed by atoms with van der Waals surface area (Å²) in [5.41, 5.74) is 1.88. The van der Waals surface area contributed by atoms with Crippen molar-refractivity contribution in [2.24, 2.45) is 4.99 Å². The Bertz CT molecular complexity index is 500. The van der Waals surface area contributed by atoms with Gasteiger partial charge in [0.25, 0.3) is 0 Å². The standard InChI is InChI=1S/C16H27N5O.HI/c1-11(2)19-15(17-5)18-10-13-6-8-14(9-7-13)21-16(22)20-12(3)4;/h6-9,11-12H,10H2,1-5H3,(H2,17,18,19)(H2,20,21,22);1H. The van der Waals surface area contributed by atoms with Gasteiger partial charge in [-0.2, -0.15) is 0 Å². The molecule has 1 aromatic carbocycles. The fourth-order valence-electron chi connectivity index (χ4n) is 1.79. The van der Waals surface area contributed by atoms with E-state index in [2.05, 4.69) is 40.1 Å². The van der Waals surface area contributed by atoms with Crippen LogP contribution in [0.5, 0.6) is 0 Å². The fourth-order valence-corrected chi connectivity index (χ4v) is 1.79. The summed E-state index contributed by atoms with van der Waals surface area (Å²) >= 11 is 0. The number of guanidine groups is 1. The molecule has 0 saturated heterocycles. The zero-order valence-corrected chi connectivity index (χ0v) is 16.8. The van der Waals surface area contributed by atoms with Crippen molar-refractivity contribution in [3.05, 3.63) is 29.8 Å². The van der Waals surface area contributed by atoms with Gasteiger partial charge in [-0.3, -0.25) is 4.99 Å². The van der Waals surface area contributed by atoms with Crippen LogP contribution >= 0.6 is 24.0 Å². The molecule has 0 fully saturated rings. The van der Waals surface area contributed by atoms with Gasteiger partial charge in [-0.05, 0) is 45.4 Å². The SMILES string of the molecule is CN=C(NCc1ccc(NC(=O)NC(C)C)cc1)NC(C)C.I. The minimum absolute atomic E-state index is 0. The van der Waals surface area contributed by atoms with Gasteiger partial charge in [0.2, 0.25) is 0 Å². The molecular formula is C16H28IN5O. The fraction of sp³-hybridized carbons (Fsp3) is 0.500. The van der Waals surface area contributed by atoms with Gasteiger partial charge < -0.3 is 21.3 Å². The van der Waals surface area contributed by atoms with Crippen LogP contribution < -0.4 is 21.3 Å². The lowest BCUT2D eigenvalue weighted by Crippen LogP contribution is -2.40. The molecule has 23 heavy (non-hydrogen) atoms. The van der Waals surface area contributed by atoms with E-state index in [9.17, 15) is 4.79 Å². The third-order valence-corrected chi connectivity index (χ3v) is 2.74. The molecule has 0 atom stereocenters. The highest BCUT2D eigenvalue weighted by Crippen LogP contribution is 2.09. The normalized spacial score (nSPS) is 11.0. The Balaban J connectivity index is 0.00000484. The lowest BCUT2D eigenvalue weighted by Gasteiger charge is -2.14. The monoisotopic (exact) mass is 433 g/mol. The first kappa shape index (κ1) is 21.5. The largest absolute Gasteiger partial charge is 0.354 e. The van der Waals surface area contributed by atoms with Crippen LogP contribution in [0.1, 0.15) is 33.3 Å². The highest BCUT2D eigenvalue weighted by molar-refractivity contribution is 14.0. The Labute approximate surface area is 155 Å². The molecule has 0 heterocycles. The molecular weight excluding hydrogens is 405 g/mol. The topological polar surface area (TPSA) is 77.5 Å². The van der Waals surface area contributed by atoms with Crippen molar-refractivity contribution >= 4 is 41.7 Å². The molecule has 0 saturated carbocycles. The van der Waals surface area contributed by atoms with Crippen molar-refractivity contribution in [3.8, 4) is 0 Å².